The lowest BCUT2D eigenvalue weighted by molar-refractivity contribution is -0.124. The Balaban J connectivity index is 1.69. The molecule has 2 aliphatic heterocycles. The average Bonchev–Trinajstić information content (AvgIpc) is 2.97. The second kappa shape index (κ2) is 12.8. The van der Waals surface area contributed by atoms with Gasteiger partial charge < -0.3 is 19.1 Å². The summed E-state index contributed by atoms with van der Waals surface area (Å²) in [6.07, 6.45) is 3.65. The first-order valence-corrected chi connectivity index (χ1v) is 18.6. The Kier molecular flexibility index (Phi) is 9.75. The number of hydrogen-bond acceptors (Lipinski definition) is 5. The number of carbonyl (C=O) groups is 2. The quantitative estimate of drug-likeness (QED) is 0.124. The van der Waals surface area contributed by atoms with E-state index in [1.165, 1.54) is 0 Å². The van der Waals surface area contributed by atoms with Gasteiger partial charge in [0.2, 0.25) is 0 Å². The maximum absolute atomic E-state index is 14.1. The third kappa shape index (κ3) is 6.71. The highest BCUT2D eigenvalue weighted by Gasteiger charge is 2.42. The highest BCUT2D eigenvalue weighted by molar-refractivity contribution is 14.1. The number of nitrogens with zero attached hydrogens (tertiary/aromatic N) is 2. The number of alkyl halides is 1. The average molecular weight is 651 g/mol. The van der Waals surface area contributed by atoms with Crippen molar-refractivity contribution in [2.24, 2.45) is 0 Å². The van der Waals surface area contributed by atoms with Crippen molar-refractivity contribution in [3.05, 3.63) is 53.1 Å². The number of ether oxygens (including phenoxy) is 3. The molecule has 2 amide bonds. The molecule has 2 aromatic rings. The molecule has 0 N–H and O–H groups in total. The van der Waals surface area contributed by atoms with E-state index in [1.54, 1.807) is 29.0 Å². The molecular weight excluding hydrogens is 611 g/mol. The lowest BCUT2D eigenvalue weighted by Crippen LogP contribution is -2.51. The van der Waals surface area contributed by atoms with Gasteiger partial charge >= 0.3 is 0 Å². The fourth-order valence-corrected chi connectivity index (χ4v) is 6.15. The van der Waals surface area contributed by atoms with E-state index in [0.29, 0.717) is 48.9 Å². The Bertz CT molecular complexity index is 1150. The molecular formula is C29H39IN2O5Si. The maximum atomic E-state index is 14.1. The molecule has 0 aromatic heterocycles. The zero-order valence-corrected chi connectivity index (χ0v) is 26.1. The van der Waals surface area contributed by atoms with E-state index in [-0.39, 0.29) is 18.5 Å². The zero-order chi connectivity index (χ0) is 27.3. The molecule has 38 heavy (non-hydrogen) atoms. The van der Waals surface area contributed by atoms with Gasteiger partial charge in [0.1, 0.15) is 12.8 Å². The van der Waals surface area contributed by atoms with Crippen LogP contribution in [0.5, 0.6) is 11.5 Å². The first-order valence-electron chi connectivity index (χ1n) is 13.4. The number of methoxy groups -OCH3 is 1. The summed E-state index contributed by atoms with van der Waals surface area (Å²) in [5.41, 5.74) is 3.14. The summed E-state index contributed by atoms with van der Waals surface area (Å²) in [5, 5.41) is 0. The summed E-state index contributed by atoms with van der Waals surface area (Å²) in [7, 11) is 0.282. The SMILES string of the molecule is COc1cc2c(cc1OCCCCCI)N(COCC[Si](C)(C)C)C(=O)[C@@H]1Cc3ccccc3CN1C2=O. The lowest BCUT2D eigenvalue weighted by Gasteiger charge is -2.35. The van der Waals surface area contributed by atoms with Crippen molar-refractivity contribution in [1.29, 1.82) is 0 Å². The summed E-state index contributed by atoms with van der Waals surface area (Å²) >= 11 is 2.38. The number of rotatable bonds is 12. The molecule has 4 rings (SSSR count). The van der Waals surface area contributed by atoms with Crippen molar-refractivity contribution < 1.29 is 23.8 Å². The minimum absolute atomic E-state index is 0.0943. The Morgan fingerprint density at radius 1 is 1.00 bits per heavy atom. The zero-order valence-electron chi connectivity index (χ0n) is 22.9. The largest absolute Gasteiger partial charge is 0.493 e. The second-order valence-corrected chi connectivity index (χ2v) is 17.9. The minimum Gasteiger partial charge on any atom is -0.493 e. The number of anilines is 1. The molecule has 0 radical (unpaired) electrons. The predicted molar refractivity (Wildman–Crippen MR) is 161 cm³/mol. The van der Waals surface area contributed by atoms with Crippen LogP contribution in [-0.4, -0.2) is 62.3 Å². The van der Waals surface area contributed by atoms with Crippen LogP contribution in [0.3, 0.4) is 0 Å². The van der Waals surface area contributed by atoms with Gasteiger partial charge in [-0.25, -0.2) is 0 Å². The molecule has 2 heterocycles. The van der Waals surface area contributed by atoms with E-state index in [2.05, 4.69) is 42.2 Å². The molecule has 1 atom stereocenters. The van der Waals surface area contributed by atoms with Gasteiger partial charge in [-0.1, -0.05) is 66.5 Å². The highest BCUT2D eigenvalue weighted by atomic mass is 127. The van der Waals surface area contributed by atoms with Crippen molar-refractivity contribution >= 4 is 48.2 Å². The van der Waals surface area contributed by atoms with Crippen molar-refractivity contribution in [3.63, 3.8) is 0 Å². The molecule has 0 unspecified atom stereocenters. The van der Waals surface area contributed by atoms with Crippen LogP contribution in [0.1, 0.15) is 40.7 Å². The molecule has 2 aliphatic rings. The molecule has 0 saturated carbocycles. The number of benzene rings is 2. The molecule has 0 fully saturated rings. The fourth-order valence-electron chi connectivity index (χ4n) is 4.85. The summed E-state index contributed by atoms with van der Waals surface area (Å²) in [4.78, 5) is 31.4. The van der Waals surface area contributed by atoms with E-state index in [9.17, 15) is 9.59 Å². The van der Waals surface area contributed by atoms with Crippen LogP contribution < -0.4 is 14.4 Å². The first kappa shape index (κ1) is 28.9. The molecule has 7 nitrogen and oxygen atoms in total. The van der Waals surface area contributed by atoms with Gasteiger partial charge in [0.25, 0.3) is 11.8 Å². The minimum atomic E-state index is -1.30. The molecule has 9 heteroatoms. The molecule has 2 aromatic carbocycles. The third-order valence-corrected chi connectivity index (χ3v) is 9.58. The number of hydrogen-bond donors (Lipinski definition) is 0. The van der Waals surface area contributed by atoms with Crippen molar-refractivity contribution in [1.82, 2.24) is 4.90 Å². The van der Waals surface area contributed by atoms with E-state index in [4.69, 9.17) is 14.2 Å². The van der Waals surface area contributed by atoms with Crippen LogP contribution >= 0.6 is 22.6 Å². The summed E-state index contributed by atoms with van der Waals surface area (Å²) < 4.78 is 19.0. The monoisotopic (exact) mass is 650 g/mol. The number of halogens is 1. The van der Waals surface area contributed by atoms with Crippen molar-refractivity contribution in [2.75, 3.05) is 36.4 Å². The van der Waals surface area contributed by atoms with E-state index in [1.807, 2.05) is 24.3 Å². The molecule has 0 bridgehead atoms. The van der Waals surface area contributed by atoms with E-state index < -0.39 is 14.1 Å². The Morgan fingerprint density at radius 3 is 2.47 bits per heavy atom. The number of amides is 2. The van der Waals surface area contributed by atoms with Crippen LogP contribution in [0.15, 0.2) is 36.4 Å². The third-order valence-electron chi connectivity index (χ3n) is 7.12. The summed E-state index contributed by atoms with van der Waals surface area (Å²) in [6.45, 7) is 8.52. The standard InChI is InChI=1S/C29H39IN2O5Si/c1-35-26-17-23-24(18-27(26)37-13-9-5-8-12-30)32(20-36-14-15-38(2,3)4)29(34)25-16-21-10-6-7-11-22(21)19-31(25)28(23)33/h6-7,10-11,17-18,25H,5,8-9,12-16,19-20H2,1-4H3/t25-/m0/s1. The first-order chi connectivity index (χ1) is 18.2. The summed E-state index contributed by atoms with van der Waals surface area (Å²) in [5.74, 6) is 0.729. The van der Waals surface area contributed by atoms with Crippen LogP contribution in [0, 0.1) is 0 Å². The smallest absolute Gasteiger partial charge is 0.257 e. The molecule has 0 saturated heterocycles. The number of carbonyl (C=O) groups excluding carboxylic acids is 2. The van der Waals surface area contributed by atoms with Crippen LogP contribution in [0.4, 0.5) is 5.69 Å². The van der Waals surface area contributed by atoms with E-state index in [0.717, 1.165) is 40.9 Å². The summed E-state index contributed by atoms with van der Waals surface area (Å²) in [6, 6.07) is 12.0. The van der Waals surface area contributed by atoms with Gasteiger partial charge in [-0.15, -0.1) is 0 Å². The lowest BCUT2D eigenvalue weighted by atomic mass is 9.93. The van der Waals surface area contributed by atoms with Gasteiger partial charge in [-0.2, -0.15) is 0 Å². The van der Waals surface area contributed by atoms with E-state index >= 15 is 0 Å². The van der Waals surface area contributed by atoms with Crippen LogP contribution in [0.25, 0.3) is 0 Å². The van der Waals surface area contributed by atoms with Crippen LogP contribution in [0.2, 0.25) is 25.7 Å². The van der Waals surface area contributed by atoms with Gasteiger partial charge in [0.15, 0.2) is 11.5 Å². The van der Waals surface area contributed by atoms with Crippen molar-refractivity contribution in [2.45, 2.75) is 64.0 Å². The Labute approximate surface area is 241 Å². The van der Waals surface area contributed by atoms with Gasteiger partial charge in [0.05, 0.1) is 25.0 Å². The van der Waals surface area contributed by atoms with Gasteiger partial charge in [-0.3, -0.25) is 14.5 Å². The predicted octanol–water partition coefficient (Wildman–Crippen LogP) is 5.91. The molecule has 206 valence electrons. The second-order valence-electron chi connectivity index (χ2n) is 11.2. The normalized spacial score (nSPS) is 17.0. The molecule has 0 spiro atoms. The highest BCUT2D eigenvalue weighted by Crippen LogP contribution is 2.40. The fraction of sp³-hybridized carbons (Fsp3) is 0.517. The Hall–Kier alpha value is -2.11. The molecule has 0 aliphatic carbocycles. The number of unbranched alkanes of at least 4 members (excludes halogenated alkanes) is 2. The Morgan fingerprint density at radius 2 is 1.76 bits per heavy atom. The number of fused-ring (bicyclic) bond motifs is 3. The van der Waals surface area contributed by atoms with Crippen molar-refractivity contribution in [3.8, 4) is 11.5 Å². The van der Waals surface area contributed by atoms with Crippen LogP contribution in [-0.2, 0) is 22.5 Å². The van der Waals surface area contributed by atoms with Gasteiger partial charge in [0, 0.05) is 33.7 Å². The topological polar surface area (TPSA) is 68.3 Å². The maximum Gasteiger partial charge on any atom is 0.257 e. The van der Waals surface area contributed by atoms with Gasteiger partial charge in [-0.05, 0) is 46.9 Å².